The van der Waals surface area contributed by atoms with Crippen LogP contribution in [0.15, 0.2) is 32.5 Å². The minimum atomic E-state index is -4.13. The van der Waals surface area contributed by atoms with E-state index in [0.717, 1.165) is 5.41 Å². The molecule has 0 saturated heterocycles. The number of aromatic nitrogens is 1. The normalized spacial score (nSPS) is 12.4. The second kappa shape index (κ2) is 8.51. The molecule has 0 aliphatic carbocycles. The van der Waals surface area contributed by atoms with Gasteiger partial charge in [0.15, 0.2) is 0 Å². The summed E-state index contributed by atoms with van der Waals surface area (Å²) in [6.45, 7) is 3.31. The molecule has 0 aliphatic rings. The zero-order chi connectivity index (χ0) is 17.2. The molecule has 0 radical (unpaired) electrons. The van der Waals surface area contributed by atoms with Gasteiger partial charge in [0.1, 0.15) is 5.76 Å². The van der Waals surface area contributed by atoms with E-state index in [1.165, 1.54) is 24.3 Å². The molecule has 24 heavy (non-hydrogen) atoms. The van der Waals surface area contributed by atoms with Crippen LogP contribution in [0.2, 0.25) is 10.0 Å². The predicted molar refractivity (Wildman–Crippen MR) is 86.9 cm³/mol. The molecule has 0 saturated carbocycles. The molecule has 0 unspecified atom stereocenters. The molecule has 0 N–H and O–H groups in total. The number of hydrogen-bond acceptors (Lipinski definition) is 5. The van der Waals surface area contributed by atoms with Gasteiger partial charge in [-0.15, -0.1) is 0 Å². The number of aryl methyl sites for hydroxylation is 2. The van der Waals surface area contributed by atoms with E-state index in [1.807, 2.05) is 0 Å². The molecular weight excluding hydrogens is 386 g/mol. The average Bonchev–Trinajstić information content (AvgIpc) is 2.75. The number of nitrogens with zero attached hydrogens (tertiary/aromatic N) is 2. The van der Waals surface area contributed by atoms with E-state index < -0.39 is 15.9 Å². The summed E-state index contributed by atoms with van der Waals surface area (Å²) in [5, 5.41) is 16.8. The van der Waals surface area contributed by atoms with E-state index >= 15 is 0 Å². The Morgan fingerprint density at radius 2 is 2.00 bits per heavy atom. The van der Waals surface area contributed by atoms with Gasteiger partial charge in [-0.2, -0.15) is 12.8 Å². The van der Waals surface area contributed by atoms with Crippen LogP contribution in [0.3, 0.4) is 0 Å². The van der Waals surface area contributed by atoms with E-state index in [1.54, 1.807) is 13.8 Å². The zero-order valence-electron chi connectivity index (χ0n) is 13.1. The summed E-state index contributed by atoms with van der Waals surface area (Å²) in [4.78, 5) is 0. The monoisotopic (exact) mass is 396 g/mol. The van der Waals surface area contributed by atoms with Crippen LogP contribution in [-0.2, 0) is 10.0 Å². The van der Waals surface area contributed by atoms with Crippen molar-refractivity contribution < 1.29 is 47.6 Å². The number of hydrogen-bond donors (Lipinski definition) is 0. The molecule has 1 heterocycles. The van der Waals surface area contributed by atoms with Crippen LogP contribution in [0.5, 0.6) is 0 Å². The summed E-state index contributed by atoms with van der Waals surface area (Å²) in [5.41, 5.74) is 0.993. The summed E-state index contributed by atoms with van der Waals surface area (Å²) in [7, 11) is -4.13. The molecule has 2 aromatic rings. The maximum Gasteiger partial charge on any atom is 1.00 e. The second-order valence-electron chi connectivity index (χ2n) is 4.58. The van der Waals surface area contributed by atoms with Crippen molar-refractivity contribution in [2.45, 2.75) is 13.8 Å². The van der Waals surface area contributed by atoms with E-state index in [2.05, 4.69) is 9.55 Å². The van der Waals surface area contributed by atoms with Gasteiger partial charge in [0.05, 0.1) is 16.1 Å². The third kappa shape index (κ3) is 5.34. The fourth-order valence-corrected chi connectivity index (χ4v) is 2.93. The molecule has 0 fully saturated rings. The molecule has 0 amide bonds. The van der Waals surface area contributed by atoms with Crippen molar-refractivity contribution >= 4 is 45.2 Å². The molecule has 0 aliphatic heterocycles. The third-order valence-electron chi connectivity index (χ3n) is 2.87. The maximum absolute atomic E-state index is 11.9. The van der Waals surface area contributed by atoms with Crippen LogP contribution in [0.25, 0.3) is 6.08 Å². The summed E-state index contributed by atoms with van der Waals surface area (Å²) in [6.07, 6.45) is 1.27. The standard InChI is InChI=1S/C14H12Cl2N2O4S.Na/c1-8-11(9(2)22-17-8)5-6-23(20,21)18-14(19)12-4-3-10(15)7-13(12)16;/h3-7H,1-2H3,(H,18,19);/q;+1/p-1/b6-5+;. The number of benzene rings is 1. The van der Waals surface area contributed by atoms with Crippen molar-refractivity contribution in [2.75, 3.05) is 0 Å². The molecule has 0 atom stereocenters. The summed E-state index contributed by atoms with van der Waals surface area (Å²) in [6, 6.07) is 4.06. The minimum Gasteiger partial charge on any atom is -0.858 e. The van der Waals surface area contributed by atoms with Crippen molar-refractivity contribution in [3.63, 3.8) is 0 Å². The van der Waals surface area contributed by atoms with E-state index in [0.29, 0.717) is 22.0 Å². The summed E-state index contributed by atoms with van der Waals surface area (Å²) < 4.78 is 31.9. The van der Waals surface area contributed by atoms with E-state index in [9.17, 15) is 13.5 Å². The smallest absolute Gasteiger partial charge is 0.858 e. The fourth-order valence-electron chi connectivity index (χ4n) is 1.74. The number of rotatable bonds is 4. The third-order valence-corrected chi connectivity index (χ3v) is 4.32. The van der Waals surface area contributed by atoms with Crippen molar-refractivity contribution in [2.24, 2.45) is 4.40 Å². The minimum absolute atomic E-state index is 0. The van der Waals surface area contributed by atoms with Crippen LogP contribution >= 0.6 is 23.2 Å². The Kier molecular flexibility index (Phi) is 7.52. The van der Waals surface area contributed by atoms with Crippen molar-refractivity contribution in [3.8, 4) is 0 Å². The molecule has 10 heteroatoms. The first kappa shape index (κ1) is 21.2. The van der Waals surface area contributed by atoms with Gasteiger partial charge in [0, 0.05) is 22.0 Å². The van der Waals surface area contributed by atoms with Gasteiger partial charge >= 0.3 is 29.6 Å². The topological polar surface area (TPSA) is 95.6 Å². The molecule has 1 aromatic carbocycles. The second-order valence-corrected chi connectivity index (χ2v) is 6.90. The molecule has 0 spiro atoms. The van der Waals surface area contributed by atoms with Gasteiger partial charge in [-0.1, -0.05) is 34.4 Å². The Morgan fingerprint density at radius 1 is 1.33 bits per heavy atom. The van der Waals surface area contributed by atoms with E-state index in [4.69, 9.17) is 27.7 Å². The maximum atomic E-state index is 11.9. The van der Waals surface area contributed by atoms with Gasteiger partial charge in [0.25, 0.3) is 10.0 Å². The molecule has 122 valence electrons. The molecule has 0 bridgehead atoms. The van der Waals surface area contributed by atoms with Crippen LogP contribution in [0, 0.1) is 13.8 Å². The molecule has 2 rings (SSSR count). The van der Waals surface area contributed by atoms with Crippen LogP contribution in [0.1, 0.15) is 22.6 Å². The Balaban J connectivity index is 0.00000288. The zero-order valence-corrected chi connectivity index (χ0v) is 17.4. The van der Waals surface area contributed by atoms with Crippen LogP contribution in [-0.4, -0.2) is 19.5 Å². The Labute approximate surface area is 171 Å². The summed E-state index contributed by atoms with van der Waals surface area (Å²) >= 11 is 11.6. The summed E-state index contributed by atoms with van der Waals surface area (Å²) in [5.74, 6) is -0.517. The Bertz CT molecular complexity index is 888. The van der Waals surface area contributed by atoms with Gasteiger partial charge < -0.3 is 9.63 Å². The largest absolute Gasteiger partial charge is 1.00 e. The van der Waals surface area contributed by atoms with Crippen LogP contribution < -0.4 is 34.7 Å². The van der Waals surface area contributed by atoms with Gasteiger partial charge in [-0.05, 0) is 32.1 Å². The Morgan fingerprint density at radius 3 is 2.54 bits per heavy atom. The predicted octanol–water partition coefficient (Wildman–Crippen LogP) is -0.290. The molecule has 1 aromatic heterocycles. The SMILES string of the molecule is Cc1noc(C)c1/C=C/S(=O)(=O)/N=C(\[O-])c1ccc(Cl)cc1Cl.[Na+]. The molecular formula is C14H11Cl2N2NaO4S. The van der Waals surface area contributed by atoms with Crippen LogP contribution in [0.4, 0.5) is 0 Å². The quantitative estimate of drug-likeness (QED) is 0.402. The van der Waals surface area contributed by atoms with Gasteiger partial charge in [-0.3, -0.25) is 0 Å². The number of halogens is 2. The average molecular weight is 397 g/mol. The fraction of sp³-hybridized carbons (Fsp3) is 0.143. The molecule has 6 nitrogen and oxygen atoms in total. The van der Waals surface area contributed by atoms with Crippen molar-refractivity contribution in [3.05, 3.63) is 56.2 Å². The first-order chi connectivity index (χ1) is 10.7. The van der Waals surface area contributed by atoms with Gasteiger partial charge in [0.2, 0.25) is 0 Å². The first-order valence-electron chi connectivity index (χ1n) is 6.28. The first-order valence-corrected chi connectivity index (χ1v) is 8.54. The number of sulfonamides is 1. The van der Waals surface area contributed by atoms with Crippen molar-refractivity contribution in [1.82, 2.24) is 5.16 Å². The van der Waals surface area contributed by atoms with E-state index in [-0.39, 0.29) is 40.1 Å². The Hall–Kier alpha value is -0.830. The van der Waals surface area contributed by atoms with Crippen molar-refractivity contribution in [1.29, 1.82) is 0 Å². The van der Waals surface area contributed by atoms with Gasteiger partial charge in [-0.25, -0.2) is 0 Å².